The number of alkyl halides is 3. The van der Waals surface area contributed by atoms with E-state index in [1.54, 1.807) is 0 Å². The van der Waals surface area contributed by atoms with Crippen LogP contribution >= 0.6 is 0 Å². The van der Waals surface area contributed by atoms with Gasteiger partial charge in [0.25, 0.3) is 0 Å². The number of aromatic nitrogens is 1. The molecular weight excluding hydrogens is 200 g/mol. The average Bonchev–Trinajstić information content (AvgIpc) is 2.07. The van der Waals surface area contributed by atoms with Gasteiger partial charge >= 0.3 is 6.18 Å². The van der Waals surface area contributed by atoms with Crippen molar-refractivity contribution in [1.29, 1.82) is 0 Å². The van der Waals surface area contributed by atoms with E-state index in [9.17, 15) is 17.6 Å². The van der Waals surface area contributed by atoms with Crippen LogP contribution in [0.25, 0.3) is 0 Å². The molecule has 0 spiro atoms. The molecule has 1 aromatic heterocycles. The first-order valence-electron chi connectivity index (χ1n) is 3.81. The molecule has 1 aromatic rings. The highest BCUT2D eigenvalue weighted by Crippen LogP contribution is 2.32. The molecule has 0 amide bonds. The van der Waals surface area contributed by atoms with Gasteiger partial charge in [0, 0.05) is 11.8 Å². The van der Waals surface area contributed by atoms with Crippen LogP contribution in [0.1, 0.15) is 11.6 Å². The monoisotopic (exact) mass is 208 g/mol. The number of rotatable bonds is 2. The Bertz CT molecular complexity index is 310. The van der Waals surface area contributed by atoms with Crippen molar-refractivity contribution in [3.05, 3.63) is 29.8 Å². The molecule has 0 saturated heterocycles. The third kappa shape index (κ3) is 2.20. The van der Waals surface area contributed by atoms with Crippen LogP contribution < -0.4 is 5.32 Å². The summed E-state index contributed by atoms with van der Waals surface area (Å²) in [7, 11) is 1.12. The van der Waals surface area contributed by atoms with Gasteiger partial charge in [-0.3, -0.25) is 0 Å². The summed E-state index contributed by atoms with van der Waals surface area (Å²) in [5.74, 6) is -1.11. The number of nitrogens with one attached hydrogen (secondary N) is 1. The third-order valence-corrected chi connectivity index (χ3v) is 1.71. The summed E-state index contributed by atoms with van der Waals surface area (Å²) in [4.78, 5) is 3.15. The van der Waals surface area contributed by atoms with E-state index in [0.717, 1.165) is 19.3 Å². The van der Waals surface area contributed by atoms with Crippen LogP contribution in [0, 0.1) is 5.95 Å². The number of hydrogen-bond donors (Lipinski definition) is 1. The zero-order valence-electron chi connectivity index (χ0n) is 7.27. The molecule has 0 aromatic carbocycles. The van der Waals surface area contributed by atoms with Gasteiger partial charge in [-0.15, -0.1) is 0 Å². The Morgan fingerprint density at radius 1 is 1.43 bits per heavy atom. The molecule has 1 atom stereocenters. The second-order valence-electron chi connectivity index (χ2n) is 2.65. The minimum Gasteiger partial charge on any atom is -0.305 e. The molecule has 0 aliphatic carbocycles. The minimum absolute atomic E-state index is 0.498. The third-order valence-electron chi connectivity index (χ3n) is 1.71. The molecule has 6 heteroatoms. The molecule has 14 heavy (non-hydrogen) atoms. The molecule has 0 radical (unpaired) electrons. The summed E-state index contributed by atoms with van der Waals surface area (Å²) in [6.45, 7) is 0. The molecule has 0 fully saturated rings. The summed E-state index contributed by atoms with van der Waals surface area (Å²) in [6, 6.07) is 0.294. The quantitative estimate of drug-likeness (QED) is 0.594. The average molecular weight is 208 g/mol. The maximum Gasteiger partial charge on any atom is 0.408 e. The van der Waals surface area contributed by atoms with Crippen molar-refractivity contribution in [2.24, 2.45) is 0 Å². The van der Waals surface area contributed by atoms with Crippen LogP contribution in [0.4, 0.5) is 17.6 Å². The Labute approximate surface area is 78.0 Å². The molecule has 2 nitrogen and oxygen atoms in total. The lowest BCUT2D eigenvalue weighted by Gasteiger charge is -2.19. The van der Waals surface area contributed by atoms with E-state index in [-0.39, 0.29) is 0 Å². The van der Waals surface area contributed by atoms with Gasteiger partial charge in [-0.1, -0.05) is 6.07 Å². The van der Waals surface area contributed by atoms with Gasteiger partial charge in [0.1, 0.15) is 6.04 Å². The predicted molar refractivity (Wildman–Crippen MR) is 42.1 cm³/mol. The van der Waals surface area contributed by atoms with E-state index in [0.29, 0.717) is 0 Å². The van der Waals surface area contributed by atoms with E-state index in [2.05, 4.69) is 4.98 Å². The van der Waals surface area contributed by atoms with Crippen LogP contribution in [-0.2, 0) is 0 Å². The lowest BCUT2D eigenvalue weighted by molar-refractivity contribution is -0.157. The van der Waals surface area contributed by atoms with Gasteiger partial charge in [-0.25, -0.2) is 4.98 Å². The van der Waals surface area contributed by atoms with Crippen molar-refractivity contribution < 1.29 is 17.6 Å². The molecule has 0 saturated carbocycles. The highest BCUT2D eigenvalue weighted by atomic mass is 19.4. The second kappa shape index (κ2) is 3.91. The molecule has 1 rings (SSSR count). The zero-order valence-corrected chi connectivity index (χ0v) is 7.27. The Morgan fingerprint density at radius 2 is 2.07 bits per heavy atom. The maximum atomic E-state index is 12.9. The Kier molecular flexibility index (Phi) is 3.05. The fourth-order valence-corrected chi connectivity index (χ4v) is 1.11. The lowest BCUT2D eigenvalue weighted by atomic mass is 10.1. The van der Waals surface area contributed by atoms with E-state index < -0.39 is 23.7 Å². The largest absolute Gasteiger partial charge is 0.408 e. The van der Waals surface area contributed by atoms with Crippen molar-refractivity contribution in [2.45, 2.75) is 12.2 Å². The lowest BCUT2D eigenvalue weighted by Crippen LogP contribution is -2.32. The van der Waals surface area contributed by atoms with Crippen molar-refractivity contribution in [3.8, 4) is 0 Å². The van der Waals surface area contributed by atoms with E-state index in [1.807, 2.05) is 5.32 Å². The standard InChI is InChI=1S/C8H8F4N2/c1-13-6(8(10,11)12)5-3-2-4-14-7(5)9/h2-4,6,13H,1H3. The zero-order chi connectivity index (χ0) is 10.8. The molecule has 1 unspecified atom stereocenters. The maximum absolute atomic E-state index is 12.9. The SMILES string of the molecule is CNC(c1cccnc1F)C(F)(F)F. The van der Waals surface area contributed by atoms with Gasteiger partial charge < -0.3 is 5.32 Å². The summed E-state index contributed by atoms with van der Waals surface area (Å²) in [5, 5.41) is 1.99. The summed E-state index contributed by atoms with van der Waals surface area (Å²) < 4.78 is 49.9. The van der Waals surface area contributed by atoms with Crippen LogP contribution in [0.5, 0.6) is 0 Å². The number of hydrogen-bond acceptors (Lipinski definition) is 2. The minimum atomic E-state index is -4.53. The smallest absolute Gasteiger partial charge is 0.305 e. The van der Waals surface area contributed by atoms with Gasteiger partial charge in [0.15, 0.2) is 0 Å². The fraction of sp³-hybridized carbons (Fsp3) is 0.375. The molecule has 1 N–H and O–H groups in total. The number of pyridine rings is 1. The molecule has 1 heterocycles. The molecule has 78 valence electrons. The molecular formula is C8H8F4N2. The van der Waals surface area contributed by atoms with Crippen LogP contribution in [0.15, 0.2) is 18.3 Å². The van der Waals surface area contributed by atoms with Crippen molar-refractivity contribution in [1.82, 2.24) is 10.3 Å². The highest BCUT2D eigenvalue weighted by Gasteiger charge is 2.41. The van der Waals surface area contributed by atoms with Crippen molar-refractivity contribution in [2.75, 3.05) is 7.05 Å². The van der Waals surface area contributed by atoms with Crippen molar-refractivity contribution >= 4 is 0 Å². The molecule has 0 aliphatic rings. The van der Waals surface area contributed by atoms with Crippen LogP contribution in [0.3, 0.4) is 0 Å². The summed E-state index contributed by atoms with van der Waals surface area (Å²) in [6.07, 6.45) is -3.43. The number of halogens is 4. The van der Waals surface area contributed by atoms with E-state index in [1.165, 1.54) is 6.07 Å². The second-order valence-corrected chi connectivity index (χ2v) is 2.65. The first kappa shape index (κ1) is 10.9. The van der Waals surface area contributed by atoms with Gasteiger partial charge in [-0.05, 0) is 13.1 Å². The number of nitrogens with zero attached hydrogens (tertiary/aromatic N) is 1. The van der Waals surface area contributed by atoms with Crippen LogP contribution in [-0.4, -0.2) is 18.2 Å². The molecule has 0 bridgehead atoms. The topological polar surface area (TPSA) is 24.9 Å². The summed E-state index contributed by atoms with van der Waals surface area (Å²) >= 11 is 0. The van der Waals surface area contributed by atoms with Gasteiger partial charge in [0.05, 0.1) is 0 Å². The Morgan fingerprint density at radius 3 is 2.50 bits per heavy atom. The highest BCUT2D eigenvalue weighted by molar-refractivity contribution is 5.17. The van der Waals surface area contributed by atoms with Crippen molar-refractivity contribution in [3.63, 3.8) is 0 Å². The normalized spacial score (nSPS) is 14.1. The predicted octanol–water partition coefficient (Wildman–Crippen LogP) is 2.04. The van der Waals surface area contributed by atoms with E-state index in [4.69, 9.17) is 0 Å². The van der Waals surface area contributed by atoms with Gasteiger partial charge in [0.2, 0.25) is 5.95 Å². The Balaban J connectivity index is 3.08. The molecule has 0 aliphatic heterocycles. The Hall–Kier alpha value is -1.17. The first-order valence-corrected chi connectivity index (χ1v) is 3.81. The van der Waals surface area contributed by atoms with E-state index >= 15 is 0 Å². The van der Waals surface area contributed by atoms with Crippen LogP contribution in [0.2, 0.25) is 0 Å². The fourth-order valence-electron chi connectivity index (χ4n) is 1.11. The summed E-state index contributed by atoms with van der Waals surface area (Å²) in [5.41, 5.74) is -0.498. The first-order chi connectivity index (χ1) is 6.46. The van der Waals surface area contributed by atoms with Gasteiger partial charge in [-0.2, -0.15) is 17.6 Å².